The first-order valence-corrected chi connectivity index (χ1v) is 11.3. The number of hydrogen-bond donors (Lipinski definition) is 1. The summed E-state index contributed by atoms with van der Waals surface area (Å²) in [6.07, 6.45) is 20.6. The van der Waals surface area contributed by atoms with E-state index in [-0.39, 0.29) is 61.6 Å². The summed E-state index contributed by atoms with van der Waals surface area (Å²) in [6, 6.07) is 0. The second-order valence-electron chi connectivity index (χ2n) is 7.56. The fourth-order valence-corrected chi connectivity index (χ4v) is 3.21. The molecule has 29 heavy (non-hydrogen) atoms. The zero-order chi connectivity index (χ0) is 20.9. The van der Waals surface area contributed by atoms with Crippen LogP contribution in [0.2, 0.25) is 0 Å². The van der Waals surface area contributed by atoms with Crippen molar-refractivity contribution in [1.82, 2.24) is 4.90 Å². The molecule has 0 bridgehead atoms. The standard InChI is InChI=1S/C23H43NO4.Na/c1-2-3-4-5-6-7-8-9-10-11-12-13-14-15-16-17-22(26)24(20-21-25)19-18-23(27)28;/h9-10,25H,2-8,11-21H2,1H3,(H,27,28);/q;+1/p-1/b10-9-;. The van der Waals surface area contributed by atoms with E-state index in [4.69, 9.17) is 5.11 Å². The minimum Gasteiger partial charge on any atom is -0.550 e. The van der Waals surface area contributed by atoms with Crippen molar-refractivity contribution < 1.29 is 49.4 Å². The predicted molar refractivity (Wildman–Crippen MR) is 113 cm³/mol. The van der Waals surface area contributed by atoms with Crippen molar-refractivity contribution in [2.75, 3.05) is 19.7 Å². The number of aliphatic carboxylic acids is 1. The summed E-state index contributed by atoms with van der Waals surface area (Å²) >= 11 is 0. The maximum atomic E-state index is 12.1. The molecule has 0 rings (SSSR count). The molecule has 6 heteroatoms. The third kappa shape index (κ3) is 22.2. The number of nitrogens with zero attached hydrogens (tertiary/aromatic N) is 1. The molecule has 0 saturated heterocycles. The quantitative estimate of drug-likeness (QED) is 0.181. The van der Waals surface area contributed by atoms with E-state index in [1.54, 1.807) is 0 Å². The van der Waals surface area contributed by atoms with Gasteiger partial charge in [0.25, 0.3) is 0 Å². The second-order valence-corrected chi connectivity index (χ2v) is 7.56. The topological polar surface area (TPSA) is 80.7 Å². The third-order valence-electron chi connectivity index (χ3n) is 4.96. The summed E-state index contributed by atoms with van der Waals surface area (Å²) in [5.74, 6) is -1.25. The van der Waals surface area contributed by atoms with Crippen LogP contribution in [0.1, 0.15) is 103 Å². The van der Waals surface area contributed by atoms with Gasteiger partial charge in [-0.25, -0.2) is 0 Å². The molecule has 0 aromatic rings. The average Bonchev–Trinajstić information content (AvgIpc) is 2.67. The molecular formula is C23H42NNaO4. The van der Waals surface area contributed by atoms with Gasteiger partial charge in [0.05, 0.1) is 6.61 Å². The fraction of sp³-hybridized carbons (Fsp3) is 0.826. The van der Waals surface area contributed by atoms with Crippen molar-refractivity contribution in [3.05, 3.63) is 12.2 Å². The van der Waals surface area contributed by atoms with Gasteiger partial charge in [-0.05, 0) is 32.1 Å². The molecule has 0 spiro atoms. The number of aliphatic hydroxyl groups is 1. The molecule has 5 nitrogen and oxygen atoms in total. The van der Waals surface area contributed by atoms with Crippen LogP contribution in [-0.2, 0) is 9.59 Å². The van der Waals surface area contributed by atoms with Crippen LogP contribution >= 0.6 is 0 Å². The molecule has 0 radical (unpaired) electrons. The number of rotatable bonds is 20. The number of amides is 1. The maximum Gasteiger partial charge on any atom is 1.00 e. The Morgan fingerprint density at radius 2 is 1.31 bits per heavy atom. The van der Waals surface area contributed by atoms with Crippen molar-refractivity contribution in [1.29, 1.82) is 0 Å². The number of hydrogen-bond acceptors (Lipinski definition) is 4. The summed E-state index contributed by atoms with van der Waals surface area (Å²) in [5, 5.41) is 19.5. The van der Waals surface area contributed by atoms with Gasteiger partial charge in [0.15, 0.2) is 0 Å². The normalized spacial score (nSPS) is 10.8. The number of carboxylic acids is 1. The molecule has 0 aromatic carbocycles. The molecular weight excluding hydrogens is 377 g/mol. The zero-order valence-corrected chi connectivity index (χ0v) is 21.0. The molecule has 0 atom stereocenters. The Bertz CT molecular complexity index is 416. The van der Waals surface area contributed by atoms with Crippen LogP contribution in [0.25, 0.3) is 0 Å². The molecule has 0 saturated carbocycles. The van der Waals surface area contributed by atoms with Crippen LogP contribution in [0.15, 0.2) is 12.2 Å². The predicted octanol–water partition coefficient (Wildman–Crippen LogP) is 0.989. The third-order valence-corrected chi connectivity index (χ3v) is 4.96. The molecule has 0 aliphatic rings. The number of unbranched alkanes of at least 4 members (excludes halogenated alkanes) is 11. The summed E-state index contributed by atoms with van der Waals surface area (Å²) in [6.45, 7) is 2.41. The smallest absolute Gasteiger partial charge is 0.550 e. The Morgan fingerprint density at radius 3 is 1.83 bits per heavy atom. The van der Waals surface area contributed by atoms with Gasteiger partial charge in [-0.3, -0.25) is 4.79 Å². The van der Waals surface area contributed by atoms with Gasteiger partial charge in [-0.2, -0.15) is 0 Å². The van der Waals surface area contributed by atoms with Crippen LogP contribution in [0.4, 0.5) is 0 Å². The van der Waals surface area contributed by atoms with Crippen molar-refractivity contribution in [2.45, 2.75) is 103 Å². The maximum absolute atomic E-state index is 12.1. The van der Waals surface area contributed by atoms with Crippen molar-refractivity contribution in [3.63, 3.8) is 0 Å². The Morgan fingerprint density at radius 1 is 0.793 bits per heavy atom. The first kappa shape index (κ1) is 30.8. The number of carbonyl (C=O) groups is 2. The summed E-state index contributed by atoms with van der Waals surface area (Å²) in [7, 11) is 0. The van der Waals surface area contributed by atoms with Crippen LogP contribution in [0.5, 0.6) is 0 Å². The van der Waals surface area contributed by atoms with E-state index in [1.165, 1.54) is 62.7 Å². The molecule has 0 unspecified atom stereocenters. The van der Waals surface area contributed by atoms with Gasteiger partial charge in [-0.15, -0.1) is 0 Å². The van der Waals surface area contributed by atoms with E-state index in [2.05, 4.69) is 19.1 Å². The Labute approximate surface area is 200 Å². The van der Waals surface area contributed by atoms with Crippen LogP contribution < -0.4 is 34.7 Å². The van der Waals surface area contributed by atoms with E-state index < -0.39 is 5.97 Å². The Kier molecular flexibility index (Phi) is 25.4. The van der Waals surface area contributed by atoms with Gasteiger partial charge >= 0.3 is 29.6 Å². The van der Waals surface area contributed by atoms with Gasteiger partial charge in [0.2, 0.25) is 5.91 Å². The first-order valence-electron chi connectivity index (χ1n) is 11.3. The summed E-state index contributed by atoms with van der Waals surface area (Å²) in [5.41, 5.74) is 0. The van der Waals surface area contributed by atoms with E-state index in [0.29, 0.717) is 6.42 Å². The number of carboxylic acid groups (broad SMARTS) is 1. The molecule has 0 aromatic heterocycles. The van der Waals surface area contributed by atoms with E-state index in [0.717, 1.165) is 25.7 Å². The van der Waals surface area contributed by atoms with Gasteiger partial charge in [0, 0.05) is 31.9 Å². The van der Waals surface area contributed by atoms with Crippen molar-refractivity contribution >= 4 is 11.9 Å². The minimum absolute atomic E-state index is 0. The molecule has 164 valence electrons. The van der Waals surface area contributed by atoms with E-state index >= 15 is 0 Å². The SMILES string of the molecule is CCCCCCCC/C=C\CCCCCCCC(=O)N(CCO)CCC(=O)[O-].[Na+]. The van der Waals surface area contributed by atoms with E-state index in [9.17, 15) is 14.7 Å². The number of carbonyl (C=O) groups excluding carboxylic acids is 2. The van der Waals surface area contributed by atoms with Crippen LogP contribution in [0, 0.1) is 0 Å². The van der Waals surface area contributed by atoms with Crippen molar-refractivity contribution in [3.8, 4) is 0 Å². The van der Waals surface area contributed by atoms with E-state index in [1.807, 2.05) is 0 Å². The zero-order valence-electron chi connectivity index (χ0n) is 19.0. The molecule has 0 aliphatic carbocycles. The molecule has 1 amide bonds. The van der Waals surface area contributed by atoms with Gasteiger partial charge < -0.3 is 19.9 Å². The number of allylic oxidation sites excluding steroid dienone is 2. The van der Waals surface area contributed by atoms with Crippen LogP contribution in [-0.4, -0.2) is 41.6 Å². The molecule has 0 heterocycles. The Hall–Kier alpha value is -0.360. The van der Waals surface area contributed by atoms with Crippen LogP contribution in [0.3, 0.4) is 0 Å². The van der Waals surface area contributed by atoms with Gasteiger partial charge in [0.1, 0.15) is 0 Å². The summed E-state index contributed by atoms with van der Waals surface area (Å²) < 4.78 is 0. The second kappa shape index (κ2) is 23.9. The van der Waals surface area contributed by atoms with Crippen molar-refractivity contribution in [2.24, 2.45) is 0 Å². The monoisotopic (exact) mass is 419 g/mol. The number of aliphatic hydroxyl groups excluding tert-OH is 1. The largest absolute Gasteiger partial charge is 1.00 e. The molecule has 1 N–H and O–H groups in total. The molecule has 0 aliphatic heterocycles. The Balaban J connectivity index is 0. The van der Waals surface area contributed by atoms with Gasteiger partial charge in [-0.1, -0.05) is 70.4 Å². The fourth-order valence-electron chi connectivity index (χ4n) is 3.21. The minimum atomic E-state index is -1.17. The average molecular weight is 420 g/mol. The first-order chi connectivity index (χ1) is 13.6. The molecule has 0 fully saturated rings. The summed E-state index contributed by atoms with van der Waals surface area (Å²) in [4.78, 5) is 24.0.